The summed E-state index contributed by atoms with van der Waals surface area (Å²) < 4.78 is 5.40. The Balaban J connectivity index is 2.00. The standard InChI is InChI=1S/C12H14ClN3O2/c1-7-6-18-3-2-16(7)10-4-8-9(11(13)15-10)5-14-12(8)17/h4,7H,2-3,5-6H2,1H3,(H,14,17)/t7-/m1/s1. The Kier molecular flexibility index (Phi) is 2.87. The minimum atomic E-state index is -0.0727. The molecule has 2 aliphatic rings. The van der Waals surface area contributed by atoms with Gasteiger partial charge in [0.25, 0.3) is 5.91 Å². The second-order valence-corrected chi connectivity index (χ2v) is 4.96. The number of amides is 1. The molecule has 1 saturated heterocycles. The zero-order valence-corrected chi connectivity index (χ0v) is 10.8. The number of rotatable bonds is 1. The number of aromatic nitrogens is 1. The Hall–Kier alpha value is -1.33. The van der Waals surface area contributed by atoms with E-state index in [1.165, 1.54) is 0 Å². The van der Waals surface area contributed by atoms with E-state index in [1.54, 1.807) is 0 Å². The first-order valence-corrected chi connectivity index (χ1v) is 6.36. The van der Waals surface area contributed by atoms with Gasteiger partial charge in [-0.05, 0) is 13.0 Å². The minimum absolute atomic E-state index is 0.0727. The smallest absolute Gasteiger partial charge is 0.252 e. The van der Waals surface area contributed by atoms with Gasteiger partial charge in [-0.25, -0.2) is 4.98 Å². The number of ether oxygens (including phenoxy) is 1. The van der Waals surface area contributed by atoms with Gasteiger partial charge in [0.15, 0.2) is 0 Å². The number of halogens is 1. The Labute approximate surface area is 110 Å². The van der Waals surface area contributed by atoms with E-state index in [0.29, 0.717) is 30.5 Å². The van der Waals surface area contributed by atoms with Gasteiger partial charge in [0.2, 0.25) is 0 Å². The van der Waals surface area contributed by atoms with Gasteiger partial charge >= 0.3 is 0 Å². The van der Waals surface area contributed by atoms with Crippen LogP contribution in [0.4, 0.5) is 5.82 Å². The second kappa shape index (κ2) is 4.40. The second-order valence-electron chi connectivity index (χ2n) is 4.60. The van der Waals surface area contributed by atoms with Crippen LogP contribution in [0.2, 0.25) is 5.15 Å². The lowest BCUT2D eigenvalue weighted by Gasteiger charge is -2.34. The molecule has 0 radical (unpaired) electrons. The van der Waals surface area contributed by atoms with Gasteiger partial charge in [-0.3, -0.25) is 4.79 Å². The van der Waals surface area contributed by atoms with E-state index in [9.17, 15) is 4.79 Å². The van der Waals surface area contributed by atoms with E-state index in [0.717, 1.165) is 17.9 Å². The highest BCUT2D eigenvalue weighted by atomic mass is 35.5. The lowest BCUT2D eigenvalue weighted by molar-refractivity contribution is 0.0965. The number of carbonyl (C=O) groups is 1. The zero-order valence-electron chi connectivity index (χ0n) is 10.1. The first-order valence-electron chi connectivity index (χ1n) is 5.99. The fraction of sp³-hybridized carbons (Fsp3) is 0.500. The van der Waals surface area contributed by atoms with Crippen molar-refractivity contribution in [3.63, 3.8) is 0 Å². The van der Waals surface area contributed by atoms with Crippen molar-refractivity contribution < 1.29 is 9.53 Å². The summed E-state index contributed by atoms with van der Waals surface area (Å²) in [6.45, 7) is 4.65. The van der Waals surface area contributed by atoms with Crippen LogP contribution in [0, 0.1) is 0 Å². The van der Waals surface area contributed by atoms with Crippen LogP contribution in [0.3, 0.4) is 0 Å². The molecular weight excluding hydrogens is 254 g/mol. The Morgan fingerprint density at radius 3 is 3.22 bits per heavy atom. The molecular formula is C12H14ClN3O2. The molecule has 1 atom stereocenters. The van der Waals surface area contributed by atoms with E-state index < -0.39 is 0 Å². The van der Waals surface area contributed by atoms with E-state index in [2.05, 4.69) is 22.1 Å². The molecule has 6 heteroatoms. The van der Waals surface area contributed by atoms with Crippen molar-refractivity contribution in [2.24, 2.45) is 0 Å². The molecule has 1 N–H and O–H groups in total. The number of morpholine rings is 1. The van der Waals surface area contributed by atoms with Gasteiger partial charge < -0.3 is 15.0 Å². The average molecular weight is 268 g/mol. The molecule has 2 aliphatic heterocycles. The number of pyridine rings is 1. The van der Waals surface area contributed by atoms with Crippen molar-refractivity contribution in [1.29, 1.82) is 0 Å². The third kappa shape index (κ3) is 1.83. The third-order valence-corrected chi connectivity index (χ3v) is 3.71. The fourth-order valence-electron chi connectivity index (χ4n) is 2.38. The van der Waals surface area contributed by atoms with E-state index in [4.69, 9.17) is 16.3 Å². The molecule has 18 heavy (non-hydrogen) atoms. The van der Waals surface area contributed by atoms with E-state index in [1.807, 2.05) is 6.07 Å². The van der Waals surface area contributed by atoms with Gasteiger partial charge in [-0.1, -0.05) is 11.6 Å². The molecule has 5 nitrogen and oxygen atoms in total. The predicted molar refractivity (Wildman–Crippen MR) is 68.0 cm³/mol. The summed E-state index contributed by atoms with van der Waals surface area (Å²) in [5.74, 6) is 0.683. The Morgan fingerprint density at radius 1 is 1.61 bits per heavy atom. The van der Waals surface area contributed by atoms with Crippen LogP contribution in [0.1, 0.15) is 22.8 Å². The van der Waals surface area contributed by atoms with Gasteiger partial charge in [-0.2, -0.15) is 0 Å². The zero-order chi connectivity index (χ0) is 12.7. The SMILES string of the molecule is C[C@@H]1COCCN1c1cc2c(c(Cl)n1)CNC2=O. The number of hydrogen-bond acceptors (Lipinski definition) is 4. The normalized spacial score (nSPS) is 22.9. The van der Waals surface area contributed by atoms with Crippen LogP contribution in [-0.2, 0) is 11.3 Å². The van der Waals surface area contributed by atoms with Crippen LogP contribution in [0.5, 0.6) is 0 Å². The maximum absolute atomic E-state index is 11.7. The van der Waals surface area contributed by atoms with Crippen LogP contribution < -0.4 is 10.2 Å². The largest absolute Gasteiger partial charge is 0.377 e. The first-order chi connectivity index (χ1) is 8.66. The van der Waals surface area contributed by atoms with Gasteiger partial charge in [0, 0.05) is 18.7 Å². The molecule has 0 unspecified atom stereocenters. The highest BCUT2D eigenvalue weighted by molar-refractivity contribution is 6.31. The molecule has 0 spiro atoms. The summed E-state index contributed by atoms with van der Waals surface area (Å²) in [6.07, 6.45) is 0. The van der Waals surface area contributed by atoms with E-state index in [-0.39, 0.29) is 11.9 Å². The van der Waals surface area contributed by atoms with Crippen molar-refractivity contribution in [2.75, 3.05) is 24.7 Å². The van der Waals surface area contributed by atoms with Crippen LogP contribution in [-0.4, -0.2) is 36.7 Å². The summed E-state index contributed by atoms with van der Waals surface area (Å²) in [6, 6.07) is 2.07. The molecule has 1 fully saturated rings. The summed E-state index contributed by atoms with van der Waals surface area (Å²) in [5, 5.41) is 3.18. The Morgan fingerprint density at radius 2 is 2.44 bits per heavy atom. The van der Waals surface area contributed by atoms with E-state index >= 15 is 0 Å². The molecule has 1 aromatic heterocycles. The number of anilines is 1. The molecule has 0 bridgehead atoms. The van der Waals surface area contributed by atoms with Crippen LogP contribution in [0.25, 0.3) is 0 Å². The summed E-state index contributed by atoms with van der Waals surface area (Å²) in [5.41, 5.74) is 1.44. The first kappa shape index (κ1) is 11.7. The maximum atomic E-state index is 11.7. The third-order valence-electron chi connectivity index (χ3n) is 3.39. The summed E-state index contributed by atoms with van der Waals surface area (Å²) >= 11 is 6.15. The molecule has 1 aromatic rings. The van der Waals surface area contributed by atoms with Crippen molar-refractivity contribution in [1.82, 2.24) is 10.3 Å². The van der Waals surface area contributed by atoms with Crippen molar-refractivity contribution in [3.05, 3.63) is 22.3 Å². The van der Waals surface area contributed by atoms with Crippen LogP contribution >= 0.6 is 11.6 Å². The van der Waals surface area contributed by atoms with Crippen molar-refractivity contribution in [2.45, 2.75) is 19.5 Å². The van der Waals surface area contributed by atoms with Crippen LogP contribution in [0.15, 0.2) is 6.07 Å². The lowest BCUT2D eigenvalue weighted by atomic mass is 10.1. The van der Waals surface area contributed by atoms with Gasteiger partial charge in [-0.15, -0.1) is 0 Å². The minimum Gasteiger partial charge on any atom is -0.377 e. The molecule has 3 rings (SSSR count). The molecule has 1 amide bonds. The van der Waals surface area contributed by atoms with Gasteiger partial charge in [0.1, 0.15) is 11.0 Å². The molecule has 0 saturated carbocycles. The quantitative estimate of drug-likeness (QED) is 0.777. The van der Waals surface area contributed by atoms with Crippen molar-refractivity contribution in [3.8, 4) is 0 Å². The molecule has 3 heterocycles. The maximum Gasteiger partial charge on any atom is 0.252 e. The lowest BCUT2D eigenvalue weighted by Crippen LogP contribution is -2.44. The molecule has 0 aliphatic carbocycles. The number of nitrogens with one attached hydrogen (secondary N) is 1. The summed E-state index contributed by atoms with van der Waals surface area (Å²) in [7, 11) is 0. The highest BCUT2D eigenvalue weighted by Crippen LogP contribution is 2.28. The topological polar surface area (TPSA) is 54.5 Å². The number of nitrogens with zero attached hydrogens (tertiary/aromatic N) is 2. The van der Waals surface area contributed by atoms with Crippen molar-refractivity contribution >= 4 is 23.3 Å². The highest BCUT2D eigenvalue weighted by Gasteiger charge is 2.27. The summed E-state index contributed by atoms with van der Waals surface area (Å²) in [4.78, 5) is 18.2. The number of fused-ring (bicyclic) bond motifs is 1. The molecule has 96 valence electrons. The Bertz CT molecular complexity index is 506. The average Bonchev–Trinajstić information content (AvgIpc) is 2.72. The number of carbonyl (C=O) groups excluding carboxylic acids is 1. The fourth-order valence-corrected chi connectivity index (χ4v) is 2.63. The predicted octanol–water partition coefficient (Wildman–Crippen LogP) is 1.20. The van der Waals surface area contributed by atoms with Gasteiger partial charge in [0.05, 0.1) is 24.8 Å². The molecule has 0 aromatic carbocycles. The number of hydrogen-bond donors (Lipinski definition) is 1. The monoisotopic (exact) mass is 267 g/mol.